The Labute approximate surface area is 122 Å². The van der Waals surface area contributed by atoms with Crippen LogP contribution in [0.2, 0.25) is 0 Å². The van der Waals surface area contributed by atoms with Crippen molar-refractivity contribution in [2.24, 2.45) is 5.41 Å². The van der Waals surface area contributed by atoms with Crippen molar-refractivity contribution in [3.8, 4) is 0 Å². The molecule has 0 aliphatic carbocycles. The lowest BCUT2D eigenvalue weighted by atomic mass is 9.78. The molecule has 0 spiro atoms. The Morgan fingerprint density at radius 2 is 1.14 bits per heavy atom. The SMILES string of the molecule is CCOC(=O)C(CCC(=O)O)(CCC(=O)O)C(=O)OCC. The van der Waals surface area contributed by atoms with Crippen molar-refractivity contribution in [3.63, 3.8) is 0 Å². The highest BCUT2D eigenvalue weighted by molar-refractivity contribution is 6.00. The average molecular weight is 304 g/mol. The van der Waals surface area contributed by atoms with E-state index in [1.54, 1.807) is 0 Å². The van der Waals surface area contributed by atoms with Gasteiger partial charge in [-0.15, -0.1) is 0 Å². The van der Waals surface area contributed by atoms with Crippen molar-refractivity contribution < 1.29 is 38.9 Å². The molecule has 120 valence electrons. The zero-order chi connectivity index (χ0) is 16.5. The fourth-order valence-electron chi connectivity index (χ4n) is 1.80. The number of carbonyl (C=O) groups is 4. The molecule has 21 heavy (non-hydrogen) atoms. The molecule has 0 aromatic carbocycles. The normalized spacial score (nSPS) is 10.8. The van der Waals surface area contributed by atoms with Crippen LogP contribution in [-0.2, 0) is 28.7 Å². The van der Waals surface area contributed by atoms with Crippen LogP contribution < -0.4 is 0 Å². The predicted molar refractivity (Wildman–Crippen MR) is 69.4 cm³/mol. The third kappa shape index (κ3) is 5.80. The number of hydrogen-bond donors (Lipinski definition) is 2. The first-order valence-corrected chi connectivity index (χ1v) is 6.58. The summed E-state index contributed by atoms with van der Waals surface area (Å²) in [6.45, 7) is 3.03. The van der Waals surface area contributed by atoms with Crippen LogP contribution in [0.4, 0.5) is 0 Å². The molecule has 2 N–H and O–H groups in total. The van der Waals surface area contributed by atoms with Gasteiger partial charge in [0.1, 0.15) is 0 Å². The zero-order valence-corrected chi connectivity index (χ0v) is 12.1. The second-order valence-electron chi connectivity index (χ2n) is 4.31. The molecule has 0 saturated heterocycles. The van der Waals surface area contributed by atoms with Gasteiger partial charge in [0.2, 0.25) is 0 Å². The first kappa shape index (κ1) is 18.9. The average Bonchev–Trinajstić information content (AvgIpc) is 2.39. The predicted octanol–water partition coefficient (Wildman–Crippen LogP) is 0.829. The quantitative estimate of drug-likeness (QED) is 0.448. The number of aliphatic carboxylic acids is 2. The molecule has 0 saturated carbocycles. The third-order valence-electron chi connectivity index (χ3n) is 2.86. The minimum Gasteiger partial charge on any atom is -0.481 e. The van der Waals surface area contributed by atoms with Gasteiger partial charge in [0.25, 0.3) is 0 Å². The third-order valence-corrected chi connectivity index (χ3v) is 2.86. The van der Waals surface area contributed by atoms with Gasteiger partial charge in [-0.25, -0.2) is 0 Å². The van der Waals surface area contributed by atoms with E-state index >= 15 is 0 Å². The maximum absolute atomic E-state index is 12.1. The highest BCUT2D eigenvalue weighted by Gasteiger charge is 2.48. The molecule has 0 rings (SSSR count). The van der Waals surface area contributed by atoms with Crippen LogP contribution in [0.5, 0.6) is 0 Å². The Hall–Kier alpha value is -2.12. The summed E-state index contributed by atoms with van der Waals surface area (Å²) in [6.07, 6.45) is -1.69. The van der Waals surface area contributed by atoms with E-state index in [0.717, 1.165) is 0 Å². The second kappa shape index (κ2) is 8.93. The molecule has 0 aromatic rings. The van der Waals surface area contributed by atoms with Crippen LogP contribution in [-0.4, -0.2) is 47.3 Å². The molecular formula is C13H20O8. The second-order valence-corrected chi connectivity index (χ2v) is 4.31. The summed E-state index contributed by atoms with van der Waals surface area (Å²) in [7, 11) is 0. The van der Waals surface area contributed by atoms with Crippen molar-refractivity contribution in [1.29, 1.82) is 0 Å². The Balaban J connectivity index is 5.44. The van der Waals surface area contributed by atoms with Crippen molar-refractivity contribution in [1.82, 2.24) is 0 Å². The molecule has 0 unspecified atom stereocenters. The summed E-state index contributed by atoms with van der Waals surface area (Å²) in [4.78, 5) is 45.6. The van der Waals surface area contributed by atoms with Gasteiger partial charge in [-0.2, -0.15) is 0 Å². The fraction of sp³-hybridized carbons (Fsp3) is 0.692. The Kier molecular flexibility index (Phi) is 8.03. The molecule has 0 aliphatic heterocycles. The number of carbonyl (C=O) groups excluding carboxylic acids is 2. The summed E-state index contributed by atoms with van der Waals surface area (Å²) in [6, 6.07) is 0. The standard InChI is InChI=1S/C13H20O8/c1-3-20-11(18)13(7-5-9(14)15,8-6-10(16)17)12(19)21-4-2/h3-8H2,1-2H3,(H,14,15)(H,16,17). The lowest BCUT2D eigenvalue weighted by molar-refractivity contribution is -0.174. The topological polar surface area (TPSA) is 127 Å². The molecule has 8 heteroatoms. The number of hydrogen-bond acceptors (Lipinski definition) is 6. The van der Waals surface area contributed by atoms with E-state index in [0.29, 0.717) is 0 Å². The number of esters is 2. The Morgan fingerprint density at radius 3 is 1.38 bits per heavy atom. The maximum atomic E-state index is 12.1. The summed E-state index contributed by atoms with van der Waals surface area (Å²) in [5, 5.41) is 17.5. The molecule has 0 amide bonds. The molecule has 0 atom stereocenters. The van der Waals surface area contributed by atoms with Gasteiger partial charge in [-0.3, -0.25) is 19.2 Å². The first-order valence-electron chi connectivity index (χ1n) is 6.58. The van der Waals surface area contributed by atoms with Gasteiger partial charge in [-0.05, 0) is 26.7 Å². The molecule has 0 bridgehead atoms. The van der Waals surface area contributed by atoms with Gasteiger partial charge in [0, 0.05) is 12.8 Å². The van der Waals surface area contributed by atoms with Gasteiger partial charge >= 0.3 is 23.9 Å². The first-order chi connectivity index (χ1) is 9.80. The molecular weight excluding hydrogens is 284 g/mol. The van der Waals surface area contributed by atoms with Crippen molar-refractivity contribution in [2.75, 3.05) is 13.2 Å². The van der Waals surface area contributed by atoms with Gasteiger partial charge < -0.3 is 19.7 Å². The number of carboxylic acids is 2. The lowest BCUT2D eigenvalue weighted by Crippen LogP contribution is -2.43. The van der Waals surface area contributed by atoms with E-state index in [1.165, 1.54) is 13.8 Å². The monoisotopic (exact) mass is 304 g/mol. The minimum atomic E-state index is -1.90. The van der Waals surface area contributed by atoms with E-state index in [4.69, 9.17) is 19.7 Å². The van der Waals surface area contributed by atoms with E-state index in [2.05, 4.69) is 0 Å². The summed E-state index contributed by atoms with van der Waals surface area (Å²) in [5.74, 6) is -4.32. The smallest absolute Gasteiger partial charge is 0.323 e. The van der Waals surface area contributed by atoms with Crippen LogP contribution in [0.15, 0.2) is 0 Å². The highest BCUT2D eigenvalue weighted by Crippen LogP contribution is 2.33. The van der Waals surface area contributed by atoms with Gasteiger partial charge in [-0.1, -0.05) is 0 Å². The van der Waals surface area contributed by atoms with Crippen molar-refractivity contribution in [2.45, 2.75) is 39.5 Å². The summed E-state index contributed by atoms with van der Waals surface area (Å²) >= 11 is 0. The van der Waals surface area contributed by atoms with Gasteiger partial charge in [0.05, 0.1) is 13.2 Å². The molecule has 0 heterocycles. The molecule has 0 aliphatic rings. The Bertz CT molecular complexity index is 363. The van der Waals surface area contributed by atoms with E-state index in [1.807, 2.05) is 0 Å². The van der Waals surface area contributed by atoms with Crippen molar-refractivity contribution in [3.05, 3.63) is 0 Å². The van der Waals surface area contributed by atoms with Crippen molar-refractivity contribution >= 4 is 23.9 Å². The largest absolute Gasteiger partial charge is 0.481 e. The number of carboxylic acid groups (broad SMARTS) is 2. The van der Waals surface area contributed by atoms with E-state index in [-0.39, 0.29) is 26.1 Å². The van der Waals surface area contributed by atoms with Crippen LogP contribution in [0.3, 0.4) is 0 Å². The van der Waals surface area contributed by atoms with Crippen LogP contribution in [0.25, 0.3) is 0 Å². The fourth-order valence-corrected chi connectivity index (χ4v) is 1.80. The lowest BCUT2D eigenvalue weighted by Gasteiger charge is -2.28. The molecule has 0 aromatic heterocycles. The maximum Gasteiger partial charge on any atom is 0.323 e. The van der Waals surface area contributed by atoms with E-state index < -0.39 is 42.1 Å². The minimum absolute atomic E-state index is 0.0138. The van der Waals surface area contributed by atoms with Gasteiger partial charge in [0.15, 0.2) is 5.41 Å². The Morgan fingerprint density at radius 1 is 0.810 bits per heavy atom. The van der Waals surface area contributed by atoms with Crippen LogP contribution >= 0.6 is 0 Å². The highest BCUT2D eigenvalue weighted by atomic mass is 16.6. The molecule has 0 fully saturated rings. The number of rotatable bonds is 10. The summed E-state index contributed by atoms with van der Waals surface area (Å²) < 4.78 is 9.63. The zero-order valence-electron chi connectivity index (χ0n) is 12.1. The number of ether oxygens (including phenoxy) is 2. The van der Waals surface area contributed by atoms with Crippen LogP contribution in [0.1, 0.15) is 39.5 Å². The molecule has 8 nitrogen and oxygen atoms in total. The van der Waals surface area contributed by atoms with E-state index in [9.17, 15) is 19.2 Å². The molecule has 0 radical (unpaired) electrons. The summed E-state index contributed by atoms with van der Waals surface area (Å²) in [5.41, 5.74) is -1.90. The van der Waals surface area contributed by atoms with Crippen LogP contribution in [0, 0.1) is 5.41 Å².